The molecule has 7 heteroatoms. The lowest BCUT2D eigenvalue weighted by Crippen LogP contribution is -2.32. The van der Waals surface area contributed by atoms with E-state index in [4.69, 9.17) is 0 Å². The minimum atomic E-state index is -0.123. The van der Waals surface area contributed by atoms with Crippen LogP contribution in [0.15, 0.2) is 53.3 Å². The number of amides is 1. The largest absolute Gasteiger partial charge is 0.372 e. The second-order valence-corrected chi connectivity index (χ2v) is 8.09. The van der Waals surface area contributed by atoms with E-state index in [0.29, 0.717) is 12.4 Å². The molecule has 0 aliphatic carbocycles. The van der Waals surface area contributed by atoms with Crippen molar-refractivity contribution in [1.82, 2.24) is 9.55 Å². The Bertz CT molecular complexity index is 1130. The highest BCUT2D eigenvalue weighted by Crippen LogP contribution is 2.20. The van der Waals surface area contributed by atoms with Crippen LogP contribution >= 0.6 is 0 Å². The van der Waals surface area contributed by atoms with Crippen LogP contribution in [0.5, 0.6) is 0 Å². The number of nitrogens with one attached hydrogen (secondary N) is 1. The summed E-state index contributed by atoms with van der Waals surface area (Å²) in [5, 5.41) is 2.95. The number of anilines is 3. The number of hydrogen-bond donors (Lipinski definition) is 1. The van der Waals surface area contributed by atoms with Crippen LogP contribution in [0.2, 0.25) is 0 Å². The van der Waals surface area contributed by atoms with Crippen molar-refractivity contribution in [1.29, 1.82) is 0 Å². The number of nitrogens with zero attached hydrogens (tertiary/aromatic N) is 4. The molecular weight excluding hydrogens is 402 g/mol. The second kappa shape index (κ2) is 9.85. The molecule has 7 nitrogen and oxygen atoms in total. The van der Waals surface area contributed by atoms with E-state index in [-0.39, 0.29) is 17.9 Å². The number of aryl methyl sites for hydroxylation is 1. The molecule has 2 heterocycles. The molecule has 168 valence electrons. The third kappa shape index (κ3) is 4.61. The number of hydrogen-bond acceptors (Lipinski definition) is 5. The third-order valence-electron chi connectivity index (χ3n) is 6.08. The molecule has 1 aliphatic heterocycles. The summed E-state index contributed by atoms with van der Waals surface area (Å²) in [4.78, 5) is 34.8. The average molecular weight is 434 g/mol. The summed E-state index contributed by atoms with van der Waals surface area (Å²) in [5.41, 5.74) is 3.31. The van der Waals surface area contributed by atoms with E-state index in [9.17, 15) is 9.59 Å². The topological polar surface area (TPSA) is 70.5 Å². The molecule has 1 fully saturated rings. The van der Waals surface area contributed by atoms with Crippen LogP contribution in [-0.2, 0) is 11.3 Å². The Morgan fingerprint density at radius 1 is 1.03 bits per heavy atom. The first-order valence-electron chi connectivity index (χ1n) is 11.5. The summed E-state index contributed by atoms with van der Waals surface area (Å²) in [6.45, 7) is 8.14. The Hall–Kier alpha value is -3.35. The fourth-order valence-corrected chi connectivity index (χ4v) is 4.32. The van der Waals surface area contributed by atoms with Crippen LogP contribution in [0.4, 0.5) is 17.2 Å². The van der Waals surface area contributed by atoms with E-state index >= 15 is 0 Å². The molecule has 1 aromatic heterocycles. The fourth-order valence-electron chi connectivity index (χ4n) is 4.32. The maximum Gasteiger partial charge on any atom is 0.294 e. The Balaban J connectivity index is 1.49. The van der Waals surface area contributed by atoms with Crippen LogP contribution in [-0.4, -0.2) is 41.6 Å². The Morgan fingerprint density at radius 3 is 2.41 bits per heavy atom. The number of aromatic nitrogens is 2. The highest BCUT2D eigenvalue weighted by Gasteiger charge is 2.20. The smallest absolute Gasteiger partial charge is 0.294 e. The van der Waals surface area contributed by atoms with Crippen molar-refractivity contribution in [2.45, 2.75) is 39.7 Å². The van der Waals surface area contributed by atoms with Crippen molar-refractivity contribution in [2.75, 3.05) is 41.3 Å². The van der Waals surface area contributed by atoms with Gasteiger partial charge >= 0.3 is 0 Å². The SMILES string of the molecule is CCN(CC)c1ccc(NC(=O)CCn2c(=O)c(N3CCCC3)nc3ccccc32)cc1. The molecule has 0 saturated carbocycles. The van der Waals surface area contributed by atoms with Crippen LogP contribution in [0.25, 0.3) is 11.0 Å². The summed E-state index contributed by atoms with van der Waals surface area (Å²) in [7, 11) is 0. The van der Waals surface area contributed by atoms with Gasteiger partial charge in [0.2, 0.25) is 5.91 Å². The normalized spacial score (nSPS) is 13.5. The van der Waals surface area contributed by atoms with E-state index in [0.717, 1.165) is 61.4 Å². The van der Waals surface area contributed by atoms with Gasteiger partial charge in [0.25, 0.3) is 5.56 Å². The average Bonchev–Trinajstić information content (AvgIpc) is 3.35. The minimum Gasteiger partial charge on any atom is -0.372 e. The molecule has 0 spiro atoms. The maximum atomic E-state index is 13.2. The molecule has 1 aliphatic rings. The lowest BCUT2D eigenvalue weighted by atomic mass is 10.2. The van der Waals surface area contributed by atoms with Gasteiger partial charge < -0.3 is 19.7 Å². The zero-order valence-electron chi connectivity index (χ0n) is 18.9. The van der Waals surface area contributed by atoms with E-state index in [1.54, 1.807) is 4.57 Å². The molecule has 32 heavy (non-hydrogen) atoms. The van der Waals surface area contributed by atoms with Gasteiger partial charge in [0.15, 0.2) is 5.82 Å². The van der Waals surface area contributed by atoms with Gasteiger partial charge in [-0.1, -0.05) is 12.1 Å². The van der Waals surface area contributed by atoms with Crippen molar-refractivity contribution in [3.05, 3.63) is 58.9 Å². The molecule has 2 aromatic carbocycles. The number of carbonyl (C=O) groups is 1. The summed E-state index contributed by atoms with van der Waals surface area (Å²) >= 11 is 0. The molecule has 1 saturated heterocycles. The van der Waals surface area contributed by atoms with Gasteiger partial charge in [0.1, 0.15) is 0 Å². The van der Waals surface area contributed by atoms with E-state index in [1.165, 1.54) is 0 Å². The molecule has 4 rings (SSSR count). The molecule has 0 atom stereocenters. The number of fused-ring (bicyclic) bond motifs is 1. The number of carbonyl (C=O) groups excluding carboxylic acids is 1. The summed E-state index contributed by atoms with van der Waals surface area (Å²) < 4.78 is 1.69. The Labute approximate surface area is 188 Å². The fraction of sp³-hybridized carbons (Fsp3) is 0.400. The zero-order valence-corrected chi connectivity index (χ0v) is 18.9. The van der Waals surface area contributed by atoms with Crippen molar-refractivity contribution >= 4 is 34.1 Å². The lowest BCUT2D eigenvalue weighted by Gasteiger charge is -2.21. The minimum absolute atomic E-state index is 0.115. The first-order chi connectivity index (χ1) is 15.6. The summed E-state index contributed by atoms with van der Waals surface area (Å²) in [6, 6.07) is 15.5. The second-order valence-electron chi connectivity index (χ2n) is 8.09. The molecule has 1 N–H and O–H groups in total. The van der Waals surface area contributed by atoms with Gasteiger partial charge in [0.05, 0.1) is 11.0 Å². The van der Waals surface area contributed by atoms with Crippen LogP contribution < -0.4 is 20.7 Å². The predicted molar refractivity (Wildman–Crippen MR) is 131 cm³/mol. The monoisotopic (exact) mass is 433 g/mol. The highest BCUT2D eigenvalue weighted by atomic mass is 16.2. The van der Waals surface area contributed by atoms with E-state index < -0.39 is 0 Å². The van der Waals surface area contributed by atoms with Crippen molar-refractivity contribution in [3.63, 3.8) is 0 Å². The maximum absolute atomic E-state index is 13.2. The summed E-state index contributed by atoms with van der Waals surface area (Å²) in [5.74, 6) is 0.379. The van der Waals surface area contributed by atoms with E-state index in [1.807, 2.05) is 48.5 Å². The Kier molecular flexibility index (Phi) is 6.73. The van der Waals surface area contributed by atoms with Gasteiger partial charge in [-0.15, -0.1) is 0 Å². The van der Waals surface area contributed by atoms with Gasteiger partial charge in [0, 0.05) is 50.5 Å². The van der Waals surface area contributed by atoms with E-state index in [2.05, 4.69) is 33.9 Å². The third-order valence-corrected chi connectivity index (χ3v) is 6.08. The first-order valence-corrected chi connectivity index (χ1v) is 11.5. The first kappa shape index (κ1) is 21.9. The Morgan fingerprint density at radius 2 is 1.72 bits per heavy atom. The zero-order chi connectivity index (χ0) is 22.5. The lowest BCUT2D eigenvalue weighted by molar-refractivity contribution is -0.116. The van der Waals surface area contributed by atoms with Gasteiger partial charge in [-0.05, 0) is 63.1 Å². The molecule has 0 unspecified atom stereocenters. The number of rotatable bonds is 8. The van der Waals surface area contributed by atoms with Crippen molar-refractivity contribution in [3.8, 4) is 0 Å². The molecule has 1 amide bonds. The van der Waals surface area contributed by atoms with Crippen LogP contribution in [0.1, 0.15) is 33.1 Å². The van der Waals surface area contributed by atoms with Crippen molar-refractivity contribution in [2.24, 2.45) is 0 Å². The standard InChI is InChI=1S/C25H31N5O2/c1-3-28(4-2)20-13-11-19(12-14-20)26-23(31)15-18-30-22-10-6-5-9-21(22)27-24(25(30)32)29-16-7-8-17-29/h5-6,9-14H,3-4,7-8,15-18H2,1-2H3,(H,26,31). The van der Waals surface area contributed by atoms with Crippen molar-refractivity contribution < 1.29 is 4.79 Å². The van der Waals surface area contributed by atoms with Gasteiger partial charge in [-0.25, -0.2) is 4.98 Å². The summed E-state index contributed by atoms with van der Waals surface area (Å²) in [6.07, 6.45) is 2.36. The van der Waals surface area contributed by atoms with Gasteiger partial charge in [-0.3, -0.25) is 9.59 Å². The molecule has 0 radical (unpaired) electrons. The molecule has 3 aromatic rings. The number of benzene rings is 2. The predicted octanol–water partition coefficient (Wildman–Crippen LogP) is 3.87. The molecular formula is C25H31N5O2. The highest BCUT2D eigenvalue weighted by molar-refractivity contribution is 5.91. The van der Waals surface area contributed by atoms with Crippen LogP contribution in [0.3, 0.4) is 0 Å². The van der Waals surface area contributed by atoms with Gasteiger partial charge in [-0.2, -0.15) is 0 Å². The molecule has 0 bridgehead atoms. The number of para-hydroxylation sites is 2. The quantitative estimate of drug-likeness (QED) is 0.584. The van der Waals surface area contributed by atoms with Crippen LogP contribution in [0, 0.1) is 0 Å².